The topological polar surface area (TPSA) is 9.72 Å². The number of piperazine rings is 1. The maximum Gasteiger partial charge on any atom is 0.0719 e. The Morgan fingerprint density at radius 3 is 2.20 bits per heavy atom. The second-order valence-corrected chi connectivity index (χ2v) is 6.71. The first-order valence-electron chi connectivity index (χ1n) is 9.20. The maximum atomic E-state index is 4.21. The summed E-state index contributed by atoms with van der Waals surface area (Å²) in [6.07, 6.45) is 9.27. The van der Waals surface area contributed by atoms with Crippen molar-refractivity contribution in [2.24, 2.45) is 0 Å². The Morgan fingerprint density at radius 1 is 1.16 bits per heavy atom. The van der Waals surface area contributed by atoms with E-state index in [-0.39, 0.29) is 0 Å². The molecule has 0 unspecified atom stereocenters. The van der Waals surface area contributed by atoms with Crippen LogP contribution >= 0.6 is 11.8 Å². The SMILES string of the molecule is C/C=C/CC.C=CN1C=C(N2CCN(C)CC2)C(=C)CSC1=C.CC. The predicted molar refractivity (Wildman–Crippen MR) is 116 cm³/mol. The molecule has 3 nitrogen and oxygen atoms in total. The third-order valence-corrected chi connectivity index (χ3v) is 4.87. The lowest BCUT2D eigenvalue weighted by Gasteiger charge is -2.36. The lowest BCUT2D eigenvalue weighted by Crippen LogP contribution is -2.44. The minimum Gasteiger partial charge on any atom is -0.368 e. The number of nitrogens with zero attached hydrogens (tertiary/aromatic N) is 3. The van der Waals surface area contributed by atoms with Crippen LogP contribution in [-0.4, -0.2) is 53.7 Å². The van der Waals surface area contributed by atoms with Crippen LogP contribution in [0.3, 0.4) is 0 Å². The number of allylic oxidation sites excluding steroid dienone is 3. The molecule has 0 N–H and O–H groups in total. The second kappa shape index (κ2) is 13.9. The van der Waals surface area contributed by atoms with Gasteiger partial charge in [-0.1, -0.05) is 52.7 Å². The molecule has 2 aliphatic heterocycles. The van der Waals surface area contributed by atoms with Crippen molar-refractivity contribution < 1.29 is 0 Å². The fourth-order valence-electron chi connectivity index (χ4n) is 2.36. The Bertz CT molecular complexity index is 472. The summed E-state index contributed by atoms with van der Waals surface area (Å²) in [6, 6.07) is 0. The number of likely N-dealkylation sites (N-methyl/N-ethyl adjacent to an activating group) is 1. The largest absolute Gasteiger partial charge is 0.368 e. The highest BCUT2D eigenvalue weighted by Gasteiger charge is 2.21. The van der Waals surface area contributed by atoms with Gasteiger partial charge in [-0.05, 0) is 26.0 Å². The zero-order valence-electron chi connectivity index (χ0n) is 16.9. The molecular formula is C21H37N3S. The predicted octanol–water partition coefficient (Wildman–Crippen LogP) is 5.29. The first-order chi connectivity index (χ1) is 12.0. The van der Waals surface area contributed by atoms with E-state index in [0.717, 1.165) is 43.4 Å². The minimum atomic E-state index is 0.904. The smallest absolute Gasteiger partial charge is 0.0719 e. The molecule has 0 spiro atoms. The Hall–Kier alpha value is -1.39. The van der Waals surface area contributed by atoms with Gasteiger partial charge < -0.3 is 14.7 Å². The van der Waals surface area contributed by atoms with E-state index in [1.807, 2.05) is 31.9 Å². The quantitative estimate of drug-likeness (QED) is 0.630. The van der Waals surface area contributed by atoms with Crippen molar-refractivity contribution in [1.82, 2.24) is 14.7 Å². The molecule has 0 radical (unpaired) electrons. The number of hydrogen-bond acceptors (Lipinski definition) is 4. The molecule has 1 fully saturated rings. The van der Waals surface area contributed by atoms with Gasteiger partial charge in [-0.15, -0.1) is 11.8 Å². The molecule has 142 valence electrons. The summed E-state index contributed by atoms with van der Waals surface area (Å²) in [5.74, 6) is 0.904. The molecule has 25 heavy (non-hydrogen) atoms. The third kappa shape index (κ3) is 8.50. The number of rotatable bonds is 3. The van der Waals surface area contributed by atoms with Crippen LogP contribution in [0.5, 0.6) is 0 Å². The molecule has 0 aromatic rings. The van der Waals surface area contributed by atoms with Crippen LogP contribution in [0.25, 0.3) is 0 Å². The molecule has 2 aliphatic rings. The van der Waals surface area contributed by atoms with Crippen LogP contribution in [-0.2, 0) is 0 Å². The Labute approximate surface area is 160 Å². The van der Waals surface area contributed by atoms with Crippen LogP contribution in [0, 0.1) is 0 Å². The van der Waals surface area contributed by atoms with Gasteiger partial charge in [0.25, 0.3) is 0 Å². The van der Waals surface area contributed by atoms with Gasteiger partial charge in [0.15, 0.2) is 0 Å². The van der Waals surface area contributed by atoms with E-state index in [4.69, 9.17) is 0 Å². The summed E-state index contributed by atoms with van der Waals surface area (Å²) in [5, 5.41) is 1.01. The molecule has 0 aliphatic carbocycles. The highest BCUT2D eigenvalue weighted by atomic mass is 32.2. The second-order valence-electron chi connectivity index (χ2n) is 5.66. The van der Waals surface area contributed by atoms with Crippen LogP contribution in [0.4, 0.5) is 0 Å². The van der Waals surface area contributed by atoms with Gasteiger partial charge in [0, 0.05) is 44.3 Å². The molecule has 0 amide bonds. The van der Waals surface area contributed by atoms with Crippen molar-refractivity contribution in [2.45, 2.75) is 34.1 Å². The van der Waals surface area contributed by atoms with Crippen molar-refractivity contribution in [2.75, 3.05) is 39.0 Å². The van der Waals surface area contributed by atoms with Gasteiger partial charge >= 0.3 is 0 Å². The first kappa shape index (κ1) is 23.6. The summed E-state index contributed by atoms with van der Waals surface area (Å²) >= 11 is 1.72. The Kier molecular flexibility index (Phi) is 13.1. The third-order valence-electron chi connectivity index (χ3n) is 3.84. The molecule has 0 bridgehead atoms. The average molecular weight is 364 g/mol. The highest BCUT2D eigenvalue weighted by molar-refractivity contribution is 8.03. The van der Waals surface area contributed by atoms with Gasteiger partial charge in [0.1, 0.15) is 0 Å². The maximum absolute atomic E-state index is 4.21. The zero-order chi connectivity index (χ0) is 19.2. The van der Waals surface area contributed by atoms with Crippen LogP contribution in [0.2, 0.25) is 0 Å². The van der Waals surface area contributed by atoms with Crippen LogP contribution in [0.15, 0.2) is 60.6 Å². The van der Waals surface area contributed by atoms with Gasteiger partial charge in [-0.2, -0.15) is 0 Å². The van der Waals surface area contributed by atoms with Crippen molar-refractivity contribution in [3.05, 3.63) is 60.6 Å². The van der Waals surface area contributed by atoms with E-state index >= 15 is 0 Å². The molecule has 2 rings (SSSR count). The van der Waals surface area contributed by atoms with Crippen molar-refractivity contribution in [3.63, 3.8) is 0 Å². The van der Waals surface area contributed by atoms with Crippen molar-refractivity contribution in [1.29, 1.82) is 0 Å². The highest BCUT2D eigenvalue weighted by Crippen LogP contribution is 2.30. The molecule has 4 heteroatoms. The van der Waals surface area contributed by atoms with Gasteiger partial charge in [0.05, 0.1) is 10.7 Å². The van der Waals surface area contributed by atoms with E-state index in [2.05, 4.69) is 61.9 Å². The van der Waals surface area contributed by atoms with Gasteiger partial charge in [-0.3, -0.25) is 0 Å². The molecular weight excluding hydrogens is 326 g/mol. The summed E-state index contributed by atoms with van der Waals surface area (Å²) in [6.45, 7) is 24.6. The van der Waals surface area contributed by atoms with E-state index in [9.17, 15) is 0 Å². The van der Waals surface area contributed by atoms with E-state index in [1.165, 1.54) is 11.3 Å². The monoisotopic (exact) mass is 363 g/mol. The van der Waals surface area contributed by atoms with Crippen LogP contribution in [0.1, 0.15) is 34.1 Å². The van der Waals surface area contributed by atoms with Crippen molar-refractivity contribution in [3.8, 4) is 0 Å². The van der Waals surface area contributed by atoms with E-state index < -0.39 is 0 Å². The Balaban J connectivity index is 0.000000710. The number of hydrogen-bond donors (Lipinski definition) is 0. The standard InChI is InChI=1S/C14H21N3S.C5H10.C2H6/c1-5-16-10-14(12(2)11-18-13(16)3)17-8-6-15(4)7-9-17;1-3-5-4-2;1-2/h5,10H,1-3,6-9,11H2,4H3;3,5H,4H2,1-2H3;1-2H3/b;5-3+;. The molecule has 0 atom stereocenters. The Morgan fingerprint density at radius 2 is 1.76 bits per heavy atom. The minimum absolute atomic E-state index is 0.904. The summed E-state index contributed by atoms with van der Waals surface area (Å²) in [7, 11) is 2.17. The zero-order valence-corrected chi connectivity index (χ0v) is 17.7. The van der Waals surface area contributed by atoms with Gasteiger partial charge in [-0.25, -0.2) is 0 Å². The summed E-state index contributed by atoms with van der Waals surface area (Å²) in [4.78, 5) is 6.77. The molecule has 1 saturated heterocycles. The summed E-state index contributed by atoms with van der Waals surface area (Å²) < 4.78 is 0. The molecule has 2 heterocycles. The lowest BCUT2D eigenvalue weighted by molar-refractivity contribution is 0.187. The van der Waals surface area contributed by atoms with E-state index in [1.54, 1.807) is 11.8 Å². The molecule has 0 aromatic carbocycles. The van der Waals surface area contributed by atoms with E-state index in [0.29, 0.717) is 0 Å². The fourth-order valence-corrected chi connectivity index (χ4v) is 3.12. The van der Waals surface area contributed by atoms with Crippen molar-refractivity contribution >= 4 is 11.8 Å². The molecule has 0 aromatic heterocycles. The summed E-state index contributed by atoms with van der Waals surface area (Å²) in [5.41, 5.74) is 2.41. The molecule has 0 saturated carbocycles. The fraction of sp³-hybridized carbons (Fsp3) is 0.524. The first-order valence-corrected chi connectivity index (χ1v) is 10.2. The average Bonchev–Trinajstić information content (AvgIpc) is 2.78. The normalized spacial score (nSPS) is 18.7. The van der Waals surface area contributed by atoms with Crippen LogP contribution < -0.4 is 0 Å². The number of thioether (sulfide) groups is 1. The van der Waals surface area contributed by atoms with Gasteiger partial charge in [0.2, 0.25) is 0 Å². The lowest BCUT2D eigenvalue weighted by atomic mass is 10.2.